The first-order chi connectivity index (χ1) is 7.28. The molecule has 6 heteroatoms. The van der Waals surface area contributed by atoms with Gasteiger partial charge in [0.2, 0.25) is 5.91 Å². The average molecular weight is 248 g/mol. The molecule has 0 aliphatic rings. The molecule has 0 radical (unpaired) electrons. The molecule has 0 heterocycles. The smallest absolute Gasteiger partial charge is 0.327 e. The molecule has 0 bridgehead atoms. The Kier molecular flexibility index (Phi) is 6.43. The fourth-order valence-corrected chi connectivity index (χ4v) is 1.28. The number of carbonyl (C=O) groups excluding carboxylic acids is 1. The van der Waals surface area contributed by atoms with Crippen molar-refractivity contribution in [3.8, 4) is 0 Å². The minimum absolute atomic E-state index is 0.0548. The van der Waals surface area contributed by atoms with Crippen molar-refractivity contribution < 1.29 is 14.7 Å². The van der Waals surface area contributed by atoms with Crippen LogP contribution in [0, 0.1) is 0 Å². The molecule has 0 aromatic heterocycles. The predicted molar refractivity (Wildman–Crippen MR) is 65.7 cm³/mol. The Labute approximate surface area is 100 Å². The number of thioether (sulfide) groups is 1. The molecule has 0 saturated carbocycles. The van der Waals surface area contributed by atoms with Crippen LogP contribution in [0.1, 0.15) is 20.8 Å². The summed E-state index contributed by atoms with van der Waals surface area (Å²) in [6.45, 7) is 6.37. The third-order valence-corrected chi connectivity index (χ3v) is 3.38. The zero-order valence-electron chi connectivity index (χ0n) is 10.2. The summed E-state index contributed by atoms with van der Waals surface area (Å²) in [6.07, 6.45) is 2.00. The number of hydrogen-bond donors (Lipinski definition) is 3. The SMILES string of the molecule is CSC(C)(C)CNCC(NC(C)=O)C(=O)O. The predicted octanol–water partition coefficient (Wildman–Crippen LogP) is 0.307. The first kappa shape index (κ1) is 15.2. The number of nitrogens with one attached hydrogen (secondary N) is 2. The summed E-state index contributed by atoms with van der Waals surface area (Å²) in [7, 11) is 0. The summed E-state index contributed by atoms with van der Waals surface area (Å²) in [6, 6.07) is -0.866. The van der Waals surface area contributed by atoms with Gasteiger partial charge in [-0.25, -0.2) is 4.79 Å². The number of aliphatic carboxylic acids is 1. The van der Waals surface area contributed by atoms with Crippen LogP contribution in [0.15, 0.2) is 0 Å². The van der Waals surface area contributed by atoms with Crippen molar-refractivity contribution in [1.29, 1.82) is 0 Å². The van der Waals surface area contributed by atoms with Crippen LogP contribution in [0.2, 0.25) is 0 Å². The molecule has 1 atom stereocenters. The van der Waals surface area contributed by atoms with E-state index in [9.17, 15) is 9.59 Å². The van der Waals surface area contributed by atoms with Crippen LogP contribution in [-0.2, 0) is 9.59 Å². The van der Waals surface area contributed by atoms with Gasteiger partial charge in [0.1, 0.15) is 6.04 Å². The summed E-state index contributed by atoms with van der Waals surface area (Å²) in [4.78, 5) is 21.6. The van der Waals surface area contributed by atoms with Crippen molar-refractivity contribution in [2.24, 2.45) is 0 Å². The second-order valence-electron chi connectivity index (χ2n) is 4.19. The van der Waals surface area contributed by atoms with Crippen LogP contribution in [0.4, 0.5) is 0 Å². The maximum absolute atomic E-state index is 10.8. The number of carboxylic acids is 1. The molecular formula is C10H20N2O3S. The van der Waals surface area contributed by atoms with Crippen LogP contribution in [0.25, 0.3) is 0 Å². The number of carboxylic acid groups (broad SMARTS) is 1. The van der Waals surface area contributed by atoms with E-state index in [2.05, 4.69) is 24.5 Å². The van der Waals surface area contributed by atoms with Crippen molar-refractivity contribution >= 4 is 23.6 Å². The molecule has 0 rings (SSSR count). The van der Waals surface area contributed by atoms with E-state index < -0.39 is 12.0 Å². The minimum Gasteiger partial charge on any atom is -0.480 e. The van der Waals surface area contributed by atoms with Crippen LogP contribution < -0.4 is 10.6 Å². The molecule has 0 saturated heterocycles. The van der Waals surface area contributed by atoms with Crippen molar-refractivity contribution in [2.75, 3.05) is 19.3 Å². The molecule has 94 valence electrons. The first-order valence-electron chi connectivity index (χ1n) is 5.04. The molecule has 1 amide bonds. The zero-order chi connectivity index (χ0) is 12.8. The van der Waals surface area contributed by atoms with E-state index in [-0.39, 0.29) is 17.2 Å². The van der Waals surface area contributed by atoms with Crippen molar-refractivity contribution in [2.45, 2.75) is 31.6 Å². The lowest BCUT2D eigenvalue weighted by Crippen LogP contribution is -2.48. The topological polar surface area (TPSA) is 78.4 Å². The highest BCUT2D eigenvalue weighted by Crippen LogP contribution is 2.19. The second-order valence-corrected chi connectivity index (χ2v) is 5.70. The summed E-state index contributed by atoms with van der Waals surface area (Å²) >= 11 is 1.70. The fraction of sp³-hybridized carbons (Fsp3) is 0.800. The third-order valence-electron chi connectivity index (χ3n) is 2.13. The highest BCUT2D eigenvalue weighted by atomic mass is 32.2. The molecule has 5 nitrogen and oxygen atoms in total. The summed E-state index contributed by atoms with van der Waals surface area (Å²) in [5.74, 6) is -1.36. The molecule has 3 N–H and O–H groups in total. The lowest BCUT2D eigenvalue weighted by atomic mass is 10.2. The summed E-state index contributed by atoms with van der Waals surface area (Å²) in [5, 5.41) is 14.3. The molecule has 16 heavy (non-hydrogen) atoms. The van der Waals surface area contributed by atoms with E-state index in [0.29, 0.717) is 6.54 Å². The fourth-order valence-electron chi connectivity index (χ4n) is 1.04. The Morgan fingerprint density at radius 2 is 2.00 bits per heavy atom. The van der Waals surface area contributed by atoms with Gasteiger partial charge in [-0.05, 0) is 20.1 Å². The van der Waals surface area contributed by atoms with E-state index in [0.717, 1.165) is 0 Å². The maximum Gasteiger partial charge on any atom is 0.327 e. The normalized spacial score (nSPS) is 13.2. The van der Waals surface area contributed by atoms with E-state index in [1.807, 2.05) is 6.26 Å². The van der Waals surface area contributed by atoms with Crippen molar-refractivity contribution in [3.05, 3.63) is 0 Å². The molecule has 0 aromatic carbocycles. The zero-order valence-corrected chi connectivity index (χ0v) is 11.0. The molecule has 1 unspecified atom stereocenters. The Morgan fingerprint density at radius 1 is 1.44 bits per heavy atom. The summed E-state index contributed by atoms with van der Waals surface area (Å²) in [5.41, 5.74) is 0. The van der Waals surface area contributed by atoms with Gasteiger partial charge in [0.15, 0.2) is 0 Å². The minimum atomic E-state index is -1.02. The Bertz CT molecular complexity index is 256. The molecule has 0 aromatic rings. The number of carbonyl (C=O) groups is 2. The Balaban J connectivity index is 4.04. The van der Waals surface area contributed by atoms with E-state index in [4.69, 9.17) is 5.11 Å². The van der Waals surface area contributed by atoms with Gasteiger partial charge in [0.05, 0.1) is 0 Å². The van der Waals surface area contributed by atoms with E-state index in [1.165, 1.54) is 6.92 Å². The van der Waals surface area contributed by atoms with Crippen molar-refractivity contribution in [1.82, 2.24) is 10.6 Å². The van der Waals surface area contributed by atoms with Gasteiger partial charge in [-0.15, -0.1) is 0 Å². The van der Waals surface area contributed by atoms with Gasteiger partial charge in [0.25, 0.3) is 0 Å². The van der Waals surface area contributed by atoms with Crippen LogP contribution >= 0.6 is 11.8 Å². The van der Waals surface area contributed by atoms with Crippen LogP contribution in [0.5, 0.6) is 0 Å². The molecule has 0 aliphatic carbocycles. The molecular weight excluding hydrogens is 228 g/mol. The Hall–Kier alpha value is -0.750. The molecule has 0 aliphatic heterocycles. The highest BCUT2D eigenvalue weighted by Gasteiger charge is 2.20. The lowest BCUT2D eigenvalue weighted by molar-refractivity contribution is -0.141. The molecule has 0 fully saturated rings. The highest BCUT2D eigenvalue weighted by molar-refractivity contribution is 7.99. The number of rotatable bonds is 7. The lowest BCUT2D eigenvalue weighted by Gasteiger charge is -2.23. The first-order valence-corrected chi connectivity index (χ1v) is 6.27. The monoisotopic (exact) mass is 248 g/mol. The standard InChI is InChI=1S/C10H20N2O3S/c1-7(13)12-8(9(14)15)5-11-6-10(2,3)16-4/h8,11H,5-6H2,1-4H3,(H,12,13)(H,14,15). The third kappa shape index (κ3) is 6.68. The van der Waals surface area contributed by atoms with Gasteiger partial charge in [0, 0.05) is 24.8 Å². The van der Waals surface area contributed by atoms with E-state index >= 15 is 0 Å². The average Bonchev–Trinajstić information content (AvgIpc) is 2.15. The van der Waals surface area contributed by atoms with Gasteiger partial charge in [-0.2, -0.15) is 11.8 Å². The molecule has 0 spiro atoms. The number of amides is 1. The van der Waals surface area contributed by atoms with Gasteiger partial charge in [-0.1, -0.05) is 0 Å². The van der Waals surface area contributed by atoms with Gasteiger partial charge < -0.3 is 15.7 Å². The van der Waals surface area contributed by atoms with Crippen LogP contribution in [0.3, 0.4) is 0 Å². The second kappa shape index (κ2) is 6.75. The Morgan fingerprint density at radius 3 is 2.38 bits per heavy atom. The quantitative estimate of drug-likeness (QED) is 0.604. The van der Waals surface area contributed by atoms with E-state index in [1.54, 1.807) is 11.8 Å². The maximum atomic E-state index is 10.8. The number of hydrogen-bond acceptors (Lipinski definition) is 4. The van der Waals surface area contributed by atoms with Crippen molar-refractivity contribution in [3.63, 3.8) is 0 Å². The van der Waals surface area contributed by atoms with Gasteiger partial charge >= 0.3 is 5.97 Å². The largest absolute Gasteiger partial charge is 0.480 e. The summed E-state index contributed by atoms with van der Waals surface area (Å²) < 4.78 is 0.0548. The van der Waals surface area contributed by atoms with Crippen LogP contribution in [-0.4, -0.2) is 47.1 Å². The van der Waals surface area contributed by atoms with Gasteiger partial charge in [-0.3, -0.25) is 4.79 Å².